The molecule has 0 amide bonds. The van der Waals surface area contributed by atoms with Crippen molar-refractivity contribution >= 4 is 8.32 Å². The molecule has 1 saturated carbocycles. The van der Waals surface area contributed by atoms with Crippen LogP contribution in [0, 0.1) is 17.8 Å². The summed E-state index contributed by atoms with van der Waals surface area (Å²) in [5.41, 5.74) is 1.65. The van der Waals surface area contributed by atoms with E-state index in [1.807, 2.05) is 0 Å². The number of rotatable bonds is 11. The number of benzene rings is 1. The van der Waals surface area contributed by atoms with Crippen LogP contribution in [0.1, 0.15) is 117 Å². The van der Waals surface area contributed by atoms with Gasteiger partial charge in [0.2, 0.25) is 0 Å². The largest absolute Gasteiger partial charge is 0.489 e. The van der Waals surface area contributed by atoms with E-state index in [1.54, 1.807) is 6.08 Å². The van der Waals surface area contributed by atoms with Gasteiger partial charge >= 0.3 is 0 Å². The predicted octanol–water partition coefficient (Wildman–Crippen LogP) is 8.92. The summed E-state index contributed by atoms with van der Waals surface area (Å²) >= 11 is 0. The van der Waals surface area contributed by atoms with Gasteiger partial charge in [-0.3, -0.25) is 0 Å². The van der Waals surface area contributed by atoms with E-state index < -0.39 is 13.9 Å². The van der Waals surface area contributed by atoms with Crippen LogP contribution in [0.4, 0.5) is 0 Å². The number of fused-ring (bicyclic) bond motifs is 3. The number of aliphatic hydroxyl groups excluding tert-OH is 1. The highest BCUT2D eigenvalue weighted by Crippen LogP contribution is 2.55. The predicted molar refractivity (Wildman–Crippen MR) is 170 cm³/mol. The third-order valence-electron chi connectivity index (χ3n) is 9.77. The van der Waals surface area contributed by atoms with Crippen LogP contribution in [-0.2, 0) is 9.84 Å². The van der Waals surface area contributed by atoms with Gasteiger partial charge in [-0.15, -0.1) is 0 Å². The van der Waals surface area contributed by atoms with Crippen LogP contribution in [0.5, 0.6) is 11.5 Å². The second kappa shape index (κ2) is 13.1. The lowest BCUT2D eigenvalue weighted by Gasteiger charge is -2.48. The van der Waals surface area contributed by atoms with Gasteiger partial charge < -0.3 is 19.0 Å². The van der Waals surface area contributed by atoms with E-state index in [0.717, 1.165) is 36.3 Å². The molecule has 1 heterocycles. The zero-order valence-corrected chi connectivity index (χ0v) is 27.9. The lowest BCUT2D eigenvalue weighted by atomic mass is 9.65. The van der Waals surface area contributed by atoms with Crippen molar-refractivity contribution in [2.45, 2.75) is 141 Å². The van der Waals surface area contributed by atoms with E-state index in [2.05, 4.69) is 92.1 Å². The Morgan fingerprint density at radius 1 is 1.15 bits per heavy atom. The molecule has 1 aromatic carbocycles. The first kappa shape index (κ1) is 32.8. The van der Waals surface area contributed by atoms with Gasteiger partial charge in [-0.05, 0) is 73.9 Å². The zero-order valence-electron chi connectivity index (χ0n) is 26.9. The fourth-order valence-corrected chi connectivity index (χ4v) is 6.91. The zero-order chi connectivity index (χ0) is 29.8. The summed E-state index contributed by atoms with van der Waals surface area (Å²) in [7, 11) is -1.88. The Bertz CT molecular complexity index is 1070. The molecule has 1 aliphatic carbocycles. The van der Waals surface area contributed by atoms with Crippen LogP contribution in [0.25, 0.3) is 0 Å². The van der Waals surface area contributed by atoms with Gasteiger partial charge in [0, 0.05) is 17.4 Å². The molecule has 0 radical (unpaired) electrons. The Hall–Kier alpha value is -1.74. The van der Waals surface area contributed by atoms with Crippen LogP contribution in [0.2, 0.25) is 18.1 Å². The Morgan fingerprint density at radius 2 is 1.88 bits per heavy atom. The Morgan fingerprint density at radius 3 is 2.52 bits per heavy atom. The maximum atomic E-state index is 10.8. The first-order valence-corrected chi connectivity index (χ1v) is 18.5. The molecule has 4 atom stereocenters. The maximum Gasteiger partial charge on any atom is 0.193 e. The Kier molecular flexibility index (Phi) is 10.7. The molecule has 224 valence electrons. The molecule has 1 N–H and O–H groups in total. The van der Waals surface area contributed by atoms with Crippen LogP contribution in [0.3, 0.4) is 0 Å². The molecule has 3 rings (SSSR count). The average Bonchev–Trinajstić information content (AvgIpc) is 2.86. The van der Waals surface area contributed by atoms with Crippen LogP contribution in [-0.4, -0.2) is 38.3 Å². The van der Waals surface area contributed by atoms with Gasteiger partial charge in [0.25, 0.3) is 0 Å². The summed E-state index contributed by atoms with van der Waals surface area (Å²) in [4.78, 5) is 0. The van der Waals surface area contributed by atoms with E-state index >= 15 is 0 Å². The highest BCUT2D eigenvalue weighted by molar-refractivity contribution is 6.74. The van der Waals surface area contributed by atoms with Gasteiger partial charge in [-0.1, -0.05) is 91.7 Å². The van der Waals surface area contributed by atoms with E-state index in [4.69, 9.17) is 13.9 Å². The SMILES string of the molecule is C=CCOc1cc(C(C)(C)CCCCCC)cc2c1[C@@H]1CC(O)CC[C@H]1[C@](C)(C#CCO[Si](C)(C)C(C)(C)C)O2. The number of aliphatic hydroxyl groups is 1. The van der Waals surface area contributed by atoms with Gasteiger partial charge in [-0.25, -0.2) is 0 Å². The minimum Gasteiger partial charge on any atom is -0.489 e. The monoisotopic (exact) mass is 568 g/mol. The van der Waals surface area contributed by atoms with Crippen molar-refractivity contribution in [3.05, 3.63) is 35.9 Å². The number of ether oxygens (including phenoxy) is 2. The fraction of sp³-hybridized carbons (Fsp3) is 0.714. The summed E-state index contributed by atoms with van der Waals surface area (Å²) in [5.74, 6) is 8.91. The molecule has 1 fully saturated rings. The molecule has 1 unspecified atom stereocenters. The number of hydrogen-bond donors (Lipinski definition) is 1. The average molecular weight is 569 g/mol. The van der Waals surface area contributed by atoms with Crippen molar-refractivity contribution < 1.29 is 19.0 Å². The summed E-state index contributed by atoms with van der Waals surface area (Å²) < 4.78 is 19.6. The molecule has 5 heteroatoms. The fourth-order valence-electron chi connectivity index (χ4n) is 6.04. The highest BCUT2D eigenvalue weighted by Gasteiger charge is 2.50. The van der Waals surface area contributed by atoms with Crippen LogP contribution < -0.4 is 9.47 Å². The van der Waals surface area contributed by atoms with Crippen molar-refractivity contribution in [3.63, 3.8) is 0 Å². The molecule has 2 aliphatic rings. The number of hydrogen-bond acceptors (Lipinski definition) is 4. The summed E-state index contributed by atoms with van der Waals surface area (Å²) in [6.07, 6.45) is 9.89. The molecule has 0 bridgehead atoms. The van der Waals surface area contributed by atoms with Crippen molar-refractivity contribution in [1.29, 1.82) is 0 Å². The minimum atomic E-state index is -1.88. The first-order valence-electron chi connectivity index (χ1n) is 15.6. The second-order valence-electron chi connectivity index (χ2n) is 14.4. The second-order valence-corrected chi connectivity index (χ2v) is 19.2. The van der Waals surface area contributed by atoms with E-state index in [0.29, 0.717) is 19.6 Å². The molecule has 40 heavy (non-hydrogen) atoms. The van der Waals surface area contributed by atoms with E-state index in [-0.39, 0.29) is 28.4 Å². The lowest BCUT2D eigenvalue weighted by Crippen LogP contribution is -2.49. The highest BCUT2D eigenvalue weighted by atomic mass is 28.4. The van der Waals surface area contributed by atoms with Crippen molar-refractivity contribution in [2.75, 3.05) is 13.2 Å². The van der Waals surface area contributed by atoms with Gasteiger partial charge in [0.15, 0.2) is 13.9 Å². The minimum absolute atomic E-state index is 0.0135. The Balaban J connectivity index is 2.01. The first-order chi connectivity index (χ1) is 18.6. The summed E-state index contributed by atoms with van der Waals surface area (Å²) in [5, 5.41) is 10.9. The molecule has 4 nitrogen and oxygen atoms in total. The smallest absolute Gasteiger partial charge is 0.193 e. The molecule has 1 aliphatic heterocycles. The Labute approximate surface area is 246 Å². The number of unbranched alkanes of at least 4 members (excludes halogenated alkanes) is 3. The molecule has 0 saturated heterocycles. The molecular formula is C35H56O4Si. The van der Waals surface area contributed by atoms with Gasteiger partial charge in [-0.2, -0.15) is 0 Å². The molecule has 1 aromatic rings. The topological polar surface area (TPSA) is 47.9 Å². The third-order valence-corrected chi connectivity index (χ3v) is 14.2. The van der Waals surface area contributed by atoms with Crippen molar-refractivity contribution in [3.8, 4) is 23.3 Å². The van der Waals surface area contributed by atoms with E-state index in [1.165, 1.54) is 31.2 Å². The third kappa shape index (κ3) is 7.55. The van der Waals surface area contributed by atoms with Crippen LogP contribution in [0.15, 0.2) is 24.8 Å². The van der Waals surface area contributed by atoms with Crippen molar-refractivity contribution in [2.24, 2.45) is 5.92 Å². The molecular weight excluding hydrogens is 512 g/mol. The van der Waals surface area contributed by atoms with Gasteiger partial charge in [0.05, 0.1) is 12.7 Å². The normalized spacial score (nSPS) is 24.7. The van der Waals surface area contributed by atoms with E-state index in [9.17, 15) is 5.11 Å². The standard InChI is InChI=1S/C35H56O4Si/c1-11-13-14-15-19-34(6,7)26-23-30(37-21-12-2)32-28-25-27(36)17-18-29(28)35(8,39-31(32)24-26)20-16-22-38-40(9,10)33(3,4)5/h12,23-24,27-29,36H,2,11,13-15,17-19,21-22,25H2,1,3-10H3/t27?,28-,29-,35+/m1/s1. The van der Waals surface area contributed by atoms with Gasteiger partial charge in [0.1, 0.15) is 18.1 Å². The lowest BCUT2D eigenvalue weighted by molar-refractivity contribution is -0.00810. The quantitative estimate of drug-likeness (QED) is 0.125. The van der Waals surface area contributed by atoms with Crippen molar-refractivity contribution in [1.82, 2.24) is 0 Å². The maximum absolute atomic E-state index is 10.8. The molecule has 0 spiro atoms. The molecule has 0 aromatic heterocycles. The van der Waals surface area contributed by atoms with Crippen LogP contribution >= 0.6 is 0 Å². The summed E-state index contributed by atoms with van der Waals surface area (Å²) in [6, 6.07) is 4.46. The summed E-state index contributed by atoms with van der Waals surface area (Å²) in [6.45, 7) is 25.1.